The number of rotatable bonds is 10. The first kappa shape index (κ1) is 26.4. The summed E-state index contributed by atoms with van der Waals surface area (Å²) in [4.78, 5) is 27.7. The summed E-state index contributed by atoms with van der Waals surface area (Å²) in [5, 5.41) is 2.97. The third-order valence-corrected chi connectivity index (χ3v) is 5.74. The fraction of sp³-hybridized carbons (Fsp3) is 0.481. The molecule has 0 radical (unpaired) electrons. The van der Waals surface area contributed by atoms with Crippen molar-refractivity contribution in [3.63, 3.8) is 0 Å². The first-order valence-corrected chi connectivity index (χ1v) is 11.6. The van der Waals surface area contributed by atoms with Crippen LogP contribution < -0.4 is 10.1 Å². The molecule has 5 nitrogen and oxygen atoms in total. The molecule has 0 aliphatic carbocycles. The van der Waals surface area contributed by atoms with Crippen molar-refractivity contribution in [2.75, 3.05) is 6.61 Å². The number of amides is 2. The molecule has 2 amide bonds. The van der Waals surface area contributed by atoms with Crippen LogP contribution in [0.4, 0.5) is 4.39 Å². The van der Waals surface area contributed by atoms with Crippen molar-refractivity contribution < 1.29 is 18.7 Å². The van der Waals surface area contributed by atoms with Gasteiger partial charge < -0.3 is 15.0 Å². The van der Waals surface area contributed by atoms with Crippen LogP contribution in [0, 0.1) is 5.82 Å². The van der Waals surface area contributed by atoms with Crippen molar-refractivity contribution in [1.82, 2.24) is 10.2 Å². The Kier molecular flexibility index (Phi) is 9.44. The van der Waals surface area contributed by atoms with Crippen LogP contribution >= 0.6 is 0 Å². The molecule has 2 aromatic carbocycles. The van der Waals surface area contributed by atoms with Gasteiger partial charge in [0.25, 0.3) is 5.91 Å². The molecule has 0 aliphatic heterocycles. The number of nitrogens with zero attached hydrogens (tertiary/aromatic N) is 1. The van der Waals surface area contributed by atoms with Gasteiger partial charge in [-0.05, 0) is 60.6 Å². The molecule has 2 atom stereocenters. The van der Waals surface area contributed by atoms with Crippen LogP contribution in [0.2, 0.25) is 0 Å². The maximum absolute atomic E-state index is 13.4. The quantitative estimate of drug-likeness (QED) is 0.533. The van der Waals surface area contributed by atoms with E-state index in [0.717, 1.165) is 12.0 Å². The maximum atomic E-state index is 13.4. The van der Waals surface area contributed by atoms with E-state index < -0.39 is 6.04 Å². The summed E-state index contributed by atoms with van der Waals surface area (Å²) in [5.74, 6) is -0.252. The minimum absolute atomic E-state index is 0.00639. The van der Waals surface area contributed by atoms with Crippen LogP contribution in [-0.2, 0) is 21.5 Å². The van der Waals surface area contributed by atoms with Crippen LogP contribution in [0.25, 0.3) is 0 Å². The van der Waals surface area contributed by atoms with Crippen LogP contribution in [0.15, 0.2) is 48.5 Å². The van der Waals surface area contributed by atoms with E-state index in [0.29, 0.717) is 12.2 Å². The van der Waals surface area contributed by atoms with Crippen LogP contribution in [0.1, 0.15) is 65.5 Å². The van der Waals surface area contributed by atoms with E-state index in [1.807, 2.05) is 45.0 Å². The van der Waals surface area contributed by atoms with Gasteiger partial charge in [0.2, 0.25) is 5.91 Å². The molecule has 6 heteroatoms. The highest BCUT2D eigenvalue weighted by Crippen LogP contribution is 2.24. The lowest BCUT2D eigenvalue weighted by Gasteiger charge is -2.31. The molecule has 0 fully saturated rings. The SMILES string of the molecule is CCC(C)NC(=O)C(CC)N(Cc1ccc(F)cc1)C(=O)COc1ccc(C(C)(C)C)cc1. The summed E-state index contributed by atoms with van der Waals surface area (Å²) in [6.07, 6.45) is 1.25. The van der Waals surface area contributed by atoms with E-state index in [4.69, 9.17) is 4.74 Å². The van der Waals surface area contributed by atoms with Gasteiger partial charge in [-0.3, -0.25) is 9.59 Å². The summed E-state index contributed by atoms with van der Waals surface area (Å²) in [7, 11) is 0. The number of carbonyl (C=O) groups is 2. The maximum Gasteiger partial charge on any atom is 0.261 e. The van der Waals surface area contributed by atoms with Crippen molar-refractivity contribution in [3.05, 3.63) is 65.5 Å². The van der Waals surface area contributed by atoms with Crippen molar-refractivity contribution in [3.8, 4) is 5.75 Å². The Balaban J connectivity index is 2.19. The molecule has 1 N–H and O–H groups in total. The number of nitrogens with one attached hydrogen (secondary N) is 1. The molecule has 0 aromatic heterocycles. The van der Waals surface area contributed by atoms with Gasteiger partial charge in [-0.1, -0.05) is 58.9 Å². The highest BCUT2D eigenvalue weighted by molar-refractivity contribution is 5.88. The Morgan fingerprint density at radius 2 is 1.61 bits per heavy atom. The van der Waals surface area contributed by atoms with Gasteiger partial charge in [0.1, 0.15) is 17.6 Å². The third-order valence-electron chi connectivity index (χ3n) is 5.74. The Bertz CT molecular complexity index is 904. The fourth-order valence-corrected chi connectivity index (χ4v) is 3.43. The van der Waals surface area contributed by atoms with Crippen molar-refractivity contribution in [2.45, 2.75) is 78.4 Å². The first-order valence-electron chi connectivity index (χ1n) is 11.6. The highest BCUT2D eigenvalue weighted by atomic mass is 19.1. The molecular weight excluding hydrogens is 419 g/mol. The van der Waals surface area contributed by atoms with Gasteiger partial charge >= 0.3 is 0 Å². The normalized spacial score (nSPS) is 13.2. The molecular formula is C27H37FN2O3. The molecule has 0 saturated carbocycles. The lowest BCUT2D eigenvalue weighted by Crippen LogP contribution is -2.51. The summed E-state index contributed by atoms with van der Waals surface area (Å²) in [5.41, 5.74) is 1.94. The van der Waals surface area contributed by atoms with E-state index in [-0.39, 0.29) is 42.2 Å². The van der Waals surface area contributed by atoms with E-state index in [1.165, 1.54) is 22.6 Å². The summed E-state index contributed by atoms with van der Waals surface area (Å²) in [6, 6.07) is 13.0. The van der Waals surface area contributed by atoms with E-state index in [1.54, 1.807) is 12.1 Å². The van der Waals surface area contributed by atoms with Crippen LogP contribution in [0.5, 0.6) is 5.75 Å². The van der Waals surface area contributed by atoms with E-state index in [2.05, 4.69) is 26.1 Å². The Labute approximate surface area is 197 Å². The minimum Gasteiger partial charge on any atom is -0.484 e. The molecule has 0 heterocycles. The monoisotopic (exact) mass is 456 g/mol. The average Bonchev–Trinajstić information content (AvgIpc) is 2.78. The molecule has 180 valence electrons. The largest absolute Gasteiger partial charge is 0.484 e. The summed E-state index contributed by atoms with van der Waals surface area (Å²) in [6.45, 7) is 12.2. The standard InChI is InChI=1S/C27H37FN2O3/c1-7-19(3)29-26(32)24(8-2)30(17-20-9-13-22(28)14-10-20)25(31)18-33-23-15-11-21(12-16-23)27(4,5)6/h9-16,19,24H,7-8,17-18H2,1-6H3,(H,29,32). The number of ether oxygens (including phenoxy) is 1. The number of carbonyl (C=O) groups excluding carboxylic acids is 2. The molecule has 2 rings (SSSR count). The van der Waals surface area contributed by atoms with E-state index >= 15 is 0 Å². The second-order valence-electron chi connectivity index (χ2n) is 9.45. The average molecular weight is 457 g/mol. The number of hydrogen-bond donors (Lipinski definition) is 1. The smallest absolute Gasteiger partial charge is 0.261 e. The number of hydrogen-bond acceptors (Lipinski definition) is 3. The third kappa shape index (κ3) is 7.88. The zero-order valence-corrected chi connectivity index (χ0v) is 20.7. The lowest BCUT2D eigenvalue weighted by molar-refractivity contribution is -0.143. The van der Waals surface area contributed by atoms with Gasteiger partial charge in [0.15, 0.2) is 6.61 Å². The molecule has 0 saturated heterocycles. The zero-order valence-electron chi connectivity index (χ0n) is 20.7. The van der Waals surface area contributed by atoms with Gasteiger partial charge in [-0.2, -0.15) is 0 Å². The Morgan fingerprint density at radius 3 is 2.12 bits per heavy atom. The second kappa shape index (κ2) is 11.8. The first-order chi connectivity index (χ1) is 15.5. The van der Waals surface area contributed by atoms with E-state index in [9.17, 15) is 14.0 Å². The van der Waals surface area contributed by atoms with Crippen molar-refractivity contribution in [1.29, 1.82) is 0 Å². The molecule has 33 heavy (non-hydrogen) atoms. The van der Waals surface area contributed by atoms with Gasteiger partial charge in [0.05, 0.1) is 0 Å². The minimum atomic E-state index is -0.650. The summed E-state index contributed by atoms with van der Waals surface area (Å²) < 4.78 is 19.1. The van der Waals surface area contributed by atoms with Crippen molar-refractivity contribution >= 4 is 11.8 Å². The van der Waals surface area contributed by atoms with Crippen molar-refractivity contribution in [2.24, 2.45) is 0 Å². The molecule has 2 aromatic rings. The van der Waals surface area contributed by atoms with Gasteiger partial charge in [0, 0.05) is 12.6 Å². The number of benzene rings is 2. The lowest BCUT2D eigenvalue weighted by atomic mass is 9.87. The Morgan fingerprint density at radius 1 is 1.00 bits per heavy atom. The molecule has 0 spiro atoms. The number of halogens is 1. The molecule has 0 aliphatic rings. The van der Waals surface area contributed by atoms with Crippen LogP contribution in [-0.4, -0.2) is 35.4 Å². The predicted octanol–water partition coefficient (Wildman–Crippen LogP) is 5.22. The van der Waals surface area contributed by atoms with Gasteiger partial charge in [-0.15, -0.1) is 0 Å². The highest BCUT2D eigenvalue weighted by Gasteiger charge is 2.29. The fourth-order valence-electron chi connectivity index (χ4n) is 3.43. The summed E-state index contributed by atoms with van der Waals surface area (Å²) >= 11 is 0. The second-order valence-corrected chi connectivity index (χ2v) is 9.45. The van der Waals surface area contributed by atoms with Crippen LogP contribution in [0.3, 0.4) is 0 Å². The van der Waals surface area contributed by atoms with Gasteiger partial charge in [-0.25, -0.2) is 4.39 Å². The topological polar surface area (TPSA) is 58.6 Å². The molecule has 0 bridgehead atoms. The Hall–Kier alpha value is -2.89. The molecule has 2 unspecified atom stereocenters. The zero-order chi connectivity index (χ0) is 24.6. The predicted molar refractivity (Wildman–Crippen MR) is 130 cm³/mol.